The second kappa shape index (κ2) is 8.39. The van der Waals surface area contributed by atoms with E-state index in [0.717, 1.165) is 32.4 Å². The molecule has 1 unspecified atom stereocenters. The van der Waals surface area contributed by atoms with Crippen LogP contribution in [0.5, 0.6) is 0 Å². The minimum Gasteiger partial charge on any atom is -0.469 e. The Morgan fingerprint density at radius 2 is 1.58 bits per heavy atom. The molecule has 2 aliphatic heterocycles. The summed E-state index contributed by atoms with van der Waals surface area (Å²) in [4.78, 5) is 18.1. The molecule has 0 saturated carbocycles. The molecule has 1 aliphatic carbocycles. The summed E-state index contributed by atoms with van der Waals surface area (Å²) in [5.74, 6) is -0.101. The summed E-state index contributed by atoms with van der Waals surface area (Å²) in [6.45, 7) is 8.57. The van der Waals surface area contributed by atoms with Crippen LogP contribution < -0.4 is 15.1 Å². The molecule has 4 nitrogen and oxygen atoms in total. The lowest BCUT2D eigenvalue weighted by Crippen LogP contribution is -2.66. The Labute approximate surface area is 225 Å². The zero-order valence-corrected chi connectivity index (χ0v) is 22.7. The van der Waals surface area contributed by atoms with Crippen LogP contribution in [0.3, 0.4) is 0 Å². The molecule has 0 fully saturated rings. The van der Waals surface area contributed by atoms with E-state index in [1.54, 1.807) is 0 Å². The summed E-state index contributed by atoms with van der Waals surface area (Å²) in [5.41, 5.74) is 11.8. The van der Waals surface area contributed by atoms with Gasteiger partial charge in [-0.1, -0.05) is 54.6 Å². The minimum atomic E-state index is -0.495. The van der Waals surface area contributed by atoms with Gasteiger partial charge in [0.05, 0.1) is 12.5 Å². The molecule has 38 heavy (non-hydrogen) atoms. The number of benzene rings is 4. The molecular formula is C33H33BN2O2. The number of rotatable bonds is 3. The number of hydrogen-bond acceptors (Lipinski definition) is 4. The summed E-state index contributed by atoms with van der Waals surface area (Å²) in [7, 11) is 1.51. The van der Waals surface area contributed by atoms with Crippen molar-refractivity contribution < 1.29 is 9.53 Å². The maximum Gasteiger partial charge on any atom is 0.412 e. The molecule has 4 aromatic carbocycles. The highest BCUT2D eigenvalue weighted by Crippen LogP contribution is 2.46. The second-order valence-electron chi connectivity index (χ2n) is 11.6. The molecule has 190 valence electrons. The summed E-state index contributed by atoms with van der Waals surface area (Å²) < 4.78 is 5.26. The molecule has 4 aromatic rings. The Balaban J connectivity index is 1.46. The van der Waals surface area contributed by atoms with Crippen LogP contribution in [0.25, 0.3) is 10.8 Å². The van der Waals surface area contributed by atoms with Gasteiger partial charge in [0, 0.05) is 29.9 Å². The molecule has 7 rings (SSSR count). The van der Waals surface area contributed by atoms with Gasteiger partial charge in [-0.25, -0.2) is 0 Å². The van der Waals surface area contributed by atoms with E-state index in [1.165, 1.54) is 68.1 Å². The van der Waals surface area contributed by atoms with E-state index >= 15 is 0 Å². The zero-order chi connectivity index (χ0) is 26.2. The Bertz CT molecular complexity index is 1610. The molecule has 5 heteroatoms. The van der Waals surface area contributed by atoms with Gasteiger partial charge < -0.3 is 14.4 Å². The number of methoxy groups -OCH3 is 1. The summed E-state index contributed by atoms with van der Waals surface area (Å²) in [6, 6.07) is 24.3. The zero-order valence-electron chi connectivity index (χ0n) is 22.7. The normalized spacial score (nSPS) is 19.3. The van der Waals surface area contributed by atoms with Crippen molar-refractivity contribution in [2.75, 3.05) is 23.3 Å². The van der Waals surface area contributed by atoms with Crippen LogP contribution in [-0.2, 0) is 35.3 Å². The largest absolute Gasteiger partial charge is 0.469 e. The fraction of sp³-hybridized carbons (Fsp3) is 0.303. The van der Waals surface area contributed by atoms with Gasteiger partial charge in [0.15, 0.2) is 0 Å². The third kappa shape index (κ3) is 3.20. The van der Waals surface area contributed by atoms with Crippen molar-refractivity contribution in [2.24, 2.45) is 5.41 Å². The standard InChI is InChI=1S/C33H33BN2O2/c1-21-25-16-17-35-28-14-8-12-24-13-9-15-29(30(24)28)36(20-23-10-6-5-7-11-23)34(35)31(25)22(2)27-19-33(3,18-26(21)27)32(37)38-4/h5-15H,16-20H2,1-4H3. The maximum atomic E-state index is 12.8. The van der Waals surface area contributed by atoms with Gasteiger partial charge in [-0.2, -0.15) is 0 Å². The van der Waals surface area contributed by atoms with Gasteiger partial charge in [-0.3, -0.25) is 4.79 Å². The van der Waals surface area contributed by atoms with Gasteiger partial charge in [0.1, 0.15) is 0 Å². The molecule has 0 aromatic heterocycles. The monoisotopic (exact) mass is 500 g/mol. The van der Waals surface area contributed by atoms with Gasteiger partial charge in [0.25, 0.3) is 0 Å². The number of nitrogens with zero attached hydrogens (tertiary/aromatic N) is 2. The number of ether oxygens (including phenoxy) is 1. The third-order valence-electron chi connectivity index (χ3n) is 9.39. The van der Waals surface area contributed by atoms with Crippen molar-refractivity contribution in [1.82, 2.24) is 0 Å². The lowest BCUT2D eigenvalue weighted by atomic mass is 9.54. The molecule has 3 aliphatic rings. The molecule has 0 radical (unpaired) electrons. The highest BCUT2D eigenvalue weighted by atomic mass is 16.5. The lowest BCUT2D eigenvalue weighted by Gasteiger charge is -2.48. The number of carbonyl (C=O) groups excluding carboxylic acids is 1. The SMILES string of the molecule is COC(=O)C1(C)Cc2c(C)c3c(c(C)c2C1)B1N(CC3)c2cccc3cccc(c23)N1Cc1ccccc1. The summed E-state index contributed by atoms with van der Waals surface area (Å²) in [6.07, 6.45) is 2.52. The molecule has 0 saturated heterocycles. The van der Waals surface area contributed by atoms with Gasteiger partial charge >= 0.3 is 13.0 Å². The molecule has 2 heterocycles. The lowest BCUT2D eigenvalue weighted by molar-refractivity contribution is -0.151. The second-order valence-corrected chi connectivity index (χ2v) is 11.6. The van der Waals surface area contributed by atoms with Crippen LogP contribution >= 0.6 is 0 Å². The van der Waals surface area contributed by atoms with Crippen molar-refractivity contribution in [1.29, 1.82) is 0 Å². The van der Waals surface area contributed by atoms with Gasteiger partial charge in [-0.05, 0) is 96.4 Å². The molecule has 1 atom stereocenters. The molecule has 0 N–H and O–H groups in total. The smallest absolute Gasteiger partial charge is 0.412 e. The quantitative estimate of drug-likeness (QED) is 0.274. The van der Waals surface area contributed by atoms with E-state index in [-0.39, 0.29) is 13.0 Å². The maximum absolute atomic E-state index is 12.8. The fourth-order valence-corrected chi connectivity index (χ4v) is 7.56. The van der Waals surface area contributed by atoms with Crippen molar-refractivity contribution in [3.8, 4) is 0 Å². The molecule has 0 amide bonds. The van der Waals surface area contributed by atoms with Gasteiger partial charge in [0.2, 0.25) is 0 Å². The first-order chi connectivity index (χ1) is 18.4. The van der Waals surface area contributed by atoms with Crippen LogP contribution in [0.4, 0.5) is 11.4 Å². The Hall–Kier alpha value is -3.73. The van der Waals surface area contributed by atoms with Gasteiger partial charge in [-0.15, -0.1) is 0 Å². The Kier molecular flexibility index (Phi) is 5.17. The van der Waals surface area contributed by atoms with E-state index in [4.69, 9.17) is 4.74 Å². The highest BCUT2D eigenvalue weighted by molar-refractivity contribution is 6.82. The van der Waals surface area contributed by atoms with Crippen LogP contribution in [0.15, 0.2) is 66.7 Å². The van der Waals surface area contributed by atoms with Crippen LogP contribution in [0.2, 0.25) is 0 Å². The molecule has 0 bridgehead atoms. The topological polar surface area (TPSA) is 32.8 Å². The molecule has 0 spiro atoms. The highest BCUT2D eigenvalue weighted by Gasteiger charge is 2.48. The van der Waals surface area contributed by atoms with Crippen LogP contribution in [0.1, 0.15) is 40.3 Å². The first-order valence-corrected chi connectivity index (χ1v) is 13.7. The number of carbonyl (C=O) groups is 1. The van der Waals surface area contributed by atoms with E-state index in [9.17, 15) is 4.79 Å². The summed E-state index contributed by atoms with van der Waals surface area (Å²) >= 11 is 0. The van der Waals surface area contributed by atoms with E-state index in [1.807, 2.05) is 0 Å². The first-order valence-electron chi connectivity index (χ1n) is 13.7. The van der Waals surface area contributed by atoms with E-state index in [2.05, 4.69) is 97.1 Å². The third-order valence-corrected chi connectivity index (χ3v) is 9.39. The summed E-state index contributed by atoms with van der Waals surface area (Å²) in [5, 5.41) is 2.64. The number of fused-ring (bicyclic) bond motifs is 5. The minimum absolute atomic E-state index is 0.101. The average molecular weight is 500 g/mol. The van der Waals surface area contributed by atoms with E-state index in [0.29, 0.717) is 0 Å². The van der Waals surface area contributed by atoms with Crippen molar-refractivity contribution >= 4 is 40.6 Å². The number of anilines is 2. The Morgan fingerprint density at radius 3 is 2.29 bits per heavy atom. The Morgan fingerprint density at radius 1 is 0.895 bits per heavy atom. The van der Waals surface area contributed by atoms with Crippen LogP contribution in [-0.4, -0.2) is 26.6 Å². The predicted octanol–water partition coefficient (Wildman–Crippen LogP) is 5.51. The number of esters is 1. The predicted molar refractivity (Wildman–Crippen MR) is 156 cm³/mol. The fourth-order valence-electron chi connectivity index (χ4n) is 7.56. The first kappa shape index (κ1) is 23.4. The van der Waals surface area contributed by atoms with Crippen molar-refractivity contribution in [3.05, 3.63) is 100 Å². The molecular weight excluding hydrogens is 467 g/mol. The van der Waals surface area contributed by atoms with E-state index < -0.39 is 5.41 Å². The van der Waals surface area contributed by atoms with Crippen molar-refractivity contribution in [3.63, 3.8) is 0 Å². The average Bonchev–Trinajstić information content (AvgIpc) is 3.32. The van der Waals surface area contributed by atoms with Crippen molar-refractivity contribution in [2.45, 2.75) is 46.6 Å². The number of hydrogen-bond donors (Lipinski definition) is 0. The van der Waals surface area contributed by atoms with Crippen LogP contribution in [0, 0.1) is 19.3 Å².